The fraction of sp³-hybridized carbons (Fsp3) is 0.316. The quantitative estimate of drug-likeness (QED) is 0.869. The Hall–Kier alpha value is -1.75. The largest absolute Gasteiger partial charge is 0.369 e. The number of benzene rings is 2. The lowest BCUT2D eigenvalue weighted by molar-refractivity contribution is -0.120. The second-order valence-corrected chi connectivity index (χ2v) is 7.05. The zero-order valence-electron chi connectivity index (χ0n) is 14.1. The molecule has 1 aliphatic heterocycles. The van der Waals surface area contributed by atoms with Crippen LogP contribution in [-0.2, 0) is 4.79 Å². The highest BCUT2D eigenvalue weighted by molar-refractivity contribution is 6.31. The molecule has 4 nitrogen and oxygen atoms in total. The van der Waals surface area contributed by atoms with E-state index in [1.165, 1.54) is 0 Å². The molecular weight excluding hydrogens is 357 g/mol. The van der Waals surface area contributed by atoms with Gasteiger partial charge in [0.2, 0.25) is 5.91 Å². The van der Waals surface area contributed by atoms with E-state index in [1.807, 2.05) is 37.3 Å². The molecule has 1 fully saturated rings. The predicted octanol–water partition coefficient (Wildman–Crippen LogP) is 4.14. The maximum Gasteiger partial charge on any atom is 0.241 e. The number of rotatable bonds is 4. The van der Waals surface area contributed by atoms with E-state index < -0.39 is 0 Å². The Kier molecular flexibility index (Phi) is 5.84. The number of carbonyl (C=O) groups excluding carboxylic acids is 1. The van der Waals surface area contributed by atoms with Crippen molar-refractivity contribution in [3.8, 4) is 0 Å². The summed E-state index contributed by atoms with van der Waals surface area (Å²) in [6.07, 6.45) is 0. The van der Waals surface area contributed by atoms with Gasteiger partial charge in [0.25, 0.3) is 0 Å². The molecule has 1 amide bonds. The maximum absolute atomic E-state index is 12.5. The van der Waals surface area contributed by atoms with Gasteiger partial charge >= 0.3 is 0 Å². The summed E-state index contributed by atoms with van der Waals surface area (Å²) in [4.78, 5) is 17.0. The minimum atomic E-state index is -0.183. The van der Waals surface area contributed by atoms with Crippen LogP contribution < -0.4 is 10.2 Å². The lowest BCUT2D eigenvalue weighted by atomic mass is 10.2. The van der Waals surface area contributed by atoms with Gasteiger partial charge in [-0.25, -0.2) is 0 Å². The van der Waals surface area contributed by atoms with Crippen molar-refractivity contribution >= 4 is 40.5 Å². The highest BCUT2D eigenvalue weighted by atomic mass is 35.5. The van der Waals surface area contributed by atoms with Crippen LogP contribution in [0.15, 0.2) is 48.5 Å². The number of piperazine rings is 1. The molecule has 0 aliphatic carbocycles. The van der Waals surface area contributed by atoms with Crippen molar-refractivity contribution in [1.29, 1.82) is 0 Å². The van der Waals surface area contributed by atoms with Gasteiger partial charge in [-0.2, -0.15) is 0 Å². The average Bonchev–Trinajstić information content (AvgIpc) is 2.63. The van der Waals surface area contributed by atoms with Crippen LogP contribution in [0.5, 0.6) is 0 Å². The topological polar surface area (TPSA) is 35.6 Å². The van der Waals surface area contributed by atoms with Gasteiger partial charge in [-0.05, 0) is 49.4 Å². The Balaban J connectivity index is 1.54. The molecule has 1 heterocycles. The van der Waals surface area contributed by atoms with Crippen molar-refractivity contribution in [1.82, 2.24) is 4.90 Å². The van der Waals surface area contributed by atoms with Gasteiger partial charge in [0.15, 0.2) is 0 Å². The standard InChI is InChI=1S/C19H21Cl2N3O/c1-14(19(25)22-17-7-5-15(20)6-8-17)23-9-11-24(12-10-23)18-4-2-3-16(21)13-18/h2-8,13-14H,9-12H2,1H3,(H,22,25)/t14-/m0/s1. The van der Waals surface area contributed by atoms with Crippen molar-refractivity contribution < 1.29 is 4.79 Å². The fourth-order valence-electron chi connectivity index (χ4n) is 2.99. The van der Waals surface area contributed by atoms with E-state index in [0.29, 0.717) is 5.02 Å². The van der Waals surface area contributed by atoms with Crippen LogP contribution in [-0.4, -0.2) is 43.0 Å². The van der Waals surface area contributed by atoms with Gasteiger partial charge in [0.05, 0.1) is 6.04 Å². The monoisotopic (exact) mass is 377 g/mol. The fourth-order valence-corrected chi connectivity index (χ4v) is 3.30. The highest BCUT2D eigenvalue weighted by Crippen LogP contribution is 2.21. The third-order valence-corrected chi connectivity index (χ3v) is 5.01. The van der Waals surface area contributed by atoms with Crippen molar-refractivity contribution in [2.75, 3.05) is 36.4 Å². The van der Waals surface area contributed by atoms with E-state index in [0.717, 1.165) is 42.6 Å². The second-order valence-electron chi connectivity index (χ2n) is 6.18. The van der Waals surface area contributed by atoms with Crippen molar-refractivity contribution in [2.24, 2.45) is 0 Å². The Labute approximate surface area is 158 Å². The van der Waals surface area contributed by atoms with E-state index in [-0.39, 0.29) is 11.9 Å². The van der Waals surface area contributed by atoms with Crippen LogP contribution in [0.25, 0.3) is 0 Å². The molecule has 132 valence electrons. The third-order valence-electron chi connectivity index (χ3n) is 4.53. The number of halogens is 2. The summed E-state index contributed by atoms with van der Waals surface area (Å²) < 4.78 is 0. The Morgan fingerprint density at radius 3 is 2.32 bits per heavy atom. The minimum absolute atomic E-state index is 0.00136. The lowest BCUT2D eigenvalue weighted by Gasteiger charge is -2.38. The molecule has 0 radical (unpaired) electrons. The smallest absolute Gasteiger partial charge is 0.241 e. The molecule has 1 N–H and O–H groups in total. The molecule has 6 heteroatoms. The first kappa shape index (κ1) is 18.1. The van der Waals surface area contributed by atoms with E-state index >= 15 is 0 Å². The third kappa shape index (κ3) is 4.66. The van der Waals surface area contributed by atoms with Gasteiger partial charge < -0.3 is 10.2 Å². The van der Waals surface area contributed by atoms with E-state index in [1.54, 1.807) is 12.1 Å². The number of anilines is 2. The molecule has 1 aliphatic rings. The number of nitrogens with one attached hydrogen (secondary N) is 1. The van der Waals surface area contributed by atoms with Crippen molar-refractivity contribution in [3.05, 3.63) is 58.6 Å². The summed E-state index contributed by atoms with van der Waals surface area (Å²) >= 11 is 11.9. The summed E-state index contributed by atoms with van der Waals surface area (Å²) in [7, 11) is 0. The summed E-state index contributed by atoms with van der Waals surface area (Å²) in [6.45, 7) is 5.36. The van der Waals surface area contributed by atoms with Gasteiger partial charge in [0, 0.05) is 47.6 Å². The molecule has 1 atom stereocenters. The average molecular weight is 378 g/mol. The predicted molar refractivity (Wildman–Crippen MR) is 105 cm³/mol. The highest BCUT2D eigenvalue weighted by Gasteiger charge is 2.25. The molecule has 0 unspecified atom stereocenters. The summed E-state index contributed by atoms with van der Waals surface area (Å²) in [5.74, 6) is -0.00136. The van der Waals surface area contributed by atoms with Crippen LogP contribution >= 0.6 is 23.2 Å². The summed E-state index contributed by atoms with van der Waals surface area (Å²) in [6, 6.07) is 14.9. The summed E-state index contributed by atoms with van der Waals surface area (Å²) in [5, 5.41) is 4.35. The zero-order chi connectivity index (χ0) is 17.8. The van der Waals surface area contributed by atoms with E-state index in [2.05, 4.69) is 21.2 Å². The van der Waals surface area contributed by atoms with Crippen LogP contribution in [0.4, 0.5) is 11.4 Å². The second kappa shape index (κ2) is 8.09. The number of nitrogens with zero attached hydrogens (tertiary/aromatic N) is 2. The molecule has 0 bridgehead atoms. The minimum Gasteiger partial charge on any atom is -0.369 e. The van der Waals surface area contributed by atoms with Crippen LogP contribution in [0, 0.1) is 0 Å². The van der Waals surface area contributed by atoms with Gasteiger partial charge in [0.1, 0.15) is 0 Å². The van der Waals surface area contributed by atoms with Crippen LogP contribution in [0.3, 0.4) is 0 Å². The molecule has 2 aromatic carbocycles. The van der Waals surface area contributed by atoms with E-state index in [4.69, 9.17) is 23.2 Å². The van der Waals surface area contributed by atoms with Crippen LogP contribution in [0.2, 0.25) is 10.0 Å². The Morgan fingerprint density at radius 2 is 1.68 bits per heavy atom. The lowest BCUT2D eigenvalue weighted by Crippen LogP contribution is -2.52. The summed E-state index contributed by atoms with van der Waals surface area (Å²) in [5.41, 5.74) is 1.89. The van der Waals surface area contributed by atoms with Gasteiger partial charge in [-0.1, -0.05) is 29.3 Å². The number of hydrogen-bond donors (Lipinski definition) is 1. The maximum atomic E-state index is 12.5. The molecule has 25 heavy (non-hydrogen) atoms. The molecule has 2 aromatic rings. The first-order valence-corrected chi connectivity index (χ1v) is 9.09. The zero-order valence-corrected chi connectivity index (χ0v) is 15.6. The first-order valence-electron chi connectivity index (χ1n) is 8.34. The molecule has 0 spiro atoms. The van der Waals surface area contributed by atoms with E-state index in [9.17, 15) is 4.79 Å². The molecular formula is C19H21Cl2N3O. The Morgan fingerprint density at radius 1 is 1.00 bits per heavy atom. The SMILES string of the molecule is C[C@@H](C(=O)Nc1ccc(Cl)cc1)N1CCN(c2cccc(Cl)c2)CC1. The van der Waals surface area contributed by atoms with Gasteiger partial charge in [-0.15, -0.1) is 0 Å². The van der Waals surface area contributed by atoms with Crippen LogP contribution in [0.1, 0.15) is 6.92 Å². The van der Waals surface area contributed by atoms with Crippen molar-refractivity contribution in [2.45, 2.75) is 13.0 Å². The first-order chi connectivity index (χ1) is 12.0. The number of amides is 1. The molecule has 1 saturated heterocycles. The molecule has 0 saturated carbocycles. The number of hydrogen-bond acceptors (Lipinski definition) is 3. The Bertz CT molecular complexity index is 728. The molecule has 0 aromatic heterocycles. The van der Waals surface area contributed by atoms with Gasteiger partial charge in [-0.3, -0.25) is 9.69 Å². The normalized spacial score (nSPS) is 16.5. The number of carbonyl (C=O) groups is 1. The van der Waals surface area contributed by atoms with Crippen molar-refractivity contribution in [3.63, 3.8) is 0 Å². The molecule has 3 rings (SSSR count).